The molecule has 4 aromatic rings. The van der Waals surface area contributed by atoms with E-state index in [1.54, 1.807) is 47.0 Å². The van der Waals surface area contributed by atoms with Crippen molar-refractivity contribution in [1.29, 1.82) is 0 Å². The predicted octanol–water partition coefficient (Wildman–Crippen LogP) is 5.42. The number of hydrogen-bond acceptors (Lipinski definition) is 5. The average Bonchev–Trinajstić information content (AvgIpc) is 3.25. The summed E-state index contributed by atoms with van der Waals surface area (Å²) in [6.45, 7) is 2.47. The van der Waals surface area contributed by atoms with Crippen molar-refractivity contribution < 1.29 is 9.53 Å². The van der Waals surface area contributed by atoms with Crippen molar-refractivity contribution in [3.63, 3.8) is 0 Å². The smallest absolute Gasteiger partial charge is 0.258 e. The number of thiazole rings is 1. The number of hydrogen-bond donors (Lipinski definition) is 1. The molecule has 0 unspecified atom stereocenters. The Bertz CT molecular complexity index is 1150. The minimum Gasteiger partial charge on any atom is -0.494 e. The quantitative estimate of drug-likeness (QED) is 0.457. The normalized spacial score (nSPS) is 11.0. The fourth-order valence-corrected chi connectivity index (χ4v) is 3.87. The number of rotatable bonds is 5. The van der Waals surface area contributed by atoms with Crippen LogP contribution in [0.15, 0.2) is 47.8 Å². The molecule has 0 fully saturated rings. The van der Waals surface area contributed by atoms with Crippen molar-refractivity contribution in [2.75, 3.05) is 11.9 Å². The van der Waals surface area contributed by atoms with Gasteiger partial charge in [0.1, 0.15) is 5.75 Å². The summed E-state index contributed by atoms with van der Waals surface area (Å²) in [5.74, 6) is 0.622. The molecule has 2 heterocycles. The van der Waals surface area contributed by atoms with E-state index in [2.05, 4.69) is 15.4 Å². The van der Waals surface area contributed by atoms with Crippen molar-refractivity contribution in [2.24, 2.45) is 0 Å². The molecule has 0 spiro atoms. The third kappa shape index (κ3) is 3.69. The molecule has 1 amide bonds. The van der Waals surface area contributed by atoms with Gasteiger partial charge in [-0.05, 0) is 49.4 Å². The molecular formula is C19H14Cl2N4O2S. The van der Waals surface area contributed by atoms with Gasteiger partial charge in [0.15, 0.2) is 0 Å². The number of carbonyl (C=O) groups is 1. The monoisotopic (exact) mass is 432 g/mol. The van der Waals surface area contributed by atoms with Crippen LogP contribution in [0.1, 0.15) is 17.3 Å². The maximum Gasteiger partial charge on any atom is 0.258 e. The van der Waals surface area contributed by atoms with Gasteiger partial charge in [0, 0.05) is 21.5 Å². The Morgan fingerprint density at radius 3 is 2.75 bits per heavy atom. The van der Waals surface area contributed by atoms with Crippen LogP contribution in [0.3, 0.4) is 0 Å². The summed E-state index contributed by atoms with van der Waals surface area (Å²) in [7, 11) is 0. The highest BCUT2D eigenvalue weighted by Crippen LogP contribution is 2.33. The standard InChI is InChI=1S/C19H14Cl2N4O2S/c1-2-27-13-6-3-11(4-7-13)17(26)22-18-23-19-25(24-18)16(10-28-19)14-9-12(20)5-8-15(14)21/h3-10H,2H2,1H3,(H,22,24,26). The Kier molecular flexibility index (Phi) is 5.21. The number of halogens is 2. The van der Waals surface area contributed by atoms with Crippen molar-refractivity contribution in [2.45, 2.75) is 6.92 Å². The molecule has 2 aromatic carbocycles. The SMILES string of the molecule is CCOc1ccc(C(=O)Nc2nc3scc(-c4cc(Cl)ccc4Cl)n3n2)cc1. The maximum absolute atomic E-state index is 12.5. The van der Waals surface area contributed by atoms with Gasteiger partial charge in [0.2, 0.25) is 4.96 Å². The Balaban J connectivity index is 1.59. The molecule has 1 N–H and O–H groups in total. The number of carbonyl (C=O) groups excluding carboxylic acids is 1. The van der Waals surface area contributed by atoms with Gasteiger partial charge in [0.25, 0.3) is 11.9 Å². The molecular weight excluding hydrogens is 419 g/mol. The summed E-state index contributed by atoms with van der Waals surface area (Å²) >= 11 is 13.8. The summed E-state index contributed by atoms with van der Waals surface area (Å²) < 4.78 is 7.02. The number of nitrogens with zero attached hydrogens (tertiary/aromatic N) is 3. The molecule has 0 saturated heterocycles. The topological polar surface area (TPSA) is 68.5 Å². The van der Waals surface area contributed by atoms with Crippen LogP contribution in [-0.4, -0.2) is 27.1 Å². The summed E-state index contributed by atoms with van der Waals surface area (Å²) in [4.78, 5) is 17.5. The lowest BCUT2D eigenvalue weighted by atomic mass is 10.2. The lowest BCUT2D eigenvalue weighted by molar-refractivity contribution is 0.102. The highest BCUT2D eigenvalue weighted by Gasteiger charge is 2.16. The van der Waals surface area contributed by atoms with Crippen molar-refractivity contribution in [3.05, 3.63) is 63.5 Å². The zero-order valence-electron chi connectivity index (χ0n) is 14.6. The van der Waals surface area contributed by atoms with Gasteiger partial charge in [-0.25, -0.2) is 4.52 Å². The molecule has 2 aromatic heterocycles. The van der Waals surface area contributed by atoms with Gasteiger partial charge in [-0.15, -0.1) is 16.4 Å². The lowest BCUT2D eigenvalue weighted by Crippen LogP contribution is -2.13. The summed E-state index contributed by atoms with van der Waals surface area (Å²) in [6, 6.07) is 12.1. The molecule has 0 aliphatic heterocycles. The van der Waals surface area contributed by atoms with E-state index in [9.17, 15) is 4.79 Å². The largest absolute Gasteiger partial charge is 0.494 e. The van der Waals surface area contributed by atoms with Crippen molar-refractivity contribution in [3.8, 4) is 17.0 Å². The highest BCUT2D eigenvalue weighted by atomic mass is 35.5. The average molecular weight is 433 g/mol. The highest BCUT2D eigenvalue weighted by molar-refractivity contribution is 7.15. The van der Waals surface area contributed by atoms with Crippen LogP contribution in [0.4, 0.5) is 5.95 Å². The number of benzene rings is 2. The summed E-state index contributed by atoms with van der Waals surface area (Å²) in [6.07, 6.45) is 0. The van der Waals surface area contributed by atoms with Crippen molar-refractivity contribution >= 4 is 51.4 Å². The Hall–Kier alpha value is -2.61. The Morgan fingerprint density at radius 2 is 2.00 bits per heavy atom. The third-order valence-corrected chi connectivity index (χ3v) is 5.32. The van der Waals surface area contributed by atoms with Crippen LogP contribution in [0.25, 0.3) is 16.2 Å². The van der Waals surface area contributed by atoms with Crippen LogP contribution in [0, 0.1) is 0 Å². The van der Waals surface area contributed by atoms with Crippen LogP contribution in [0.2, 0.25) is 10.0 Å². The predicted molar refractivity (Wildman–Crippen MR) is 112 cm³/mol. The zero-order chi connectivity index (χ0) is 19.7. The van der Waals surface area contributed by atoms with Crippen molar-refractivity contribution in [1.82, 2.24) is 14.6 Å². The first-order chi connectivity index (χ1) is 13.5. The maximum atomic E-state index is 12.5. The van der Waals surface area contributed by atoms with E-state index in [-0.39, 0.29) is 11.9 Å². The molecule has 0 atom stereocenters. The Morgan fingerprint density at radius 1 is 1.21 bits per heavy atom. The molecule has 28 heavy (non-hydrogen) atoms. The Labute approximate surface area is 174 Å². The molecule has 0 saturated carbocycles. The number of fused-ring (bicyclic) bond motifs is 1. The van der Waals surface area contributed by atoms with Crippen LogP contribution in [-0.2, 0) is 0 Å². The summed E-state index contributed by atoms with van der Waals surface area (Å²) in [5, 5.41) is 10.1. The third-order valence-electron chi connectivity index (χ3n) is 3.94. The van der Waals surface area contributed by atoms with Gasteiger partial charge >= 0.3 is 0 Å². The van der Waals surface area contributed by atoms with Gasteiger partial charge in [-0.2, -0.15) is 4.98 Å². The molecule has 0 aliphatic carbocycles. The first-order valence-corrected chi connectivity index (χ1v) is 10.0. The van der Waals surface area contributed by atoms with E-state index in [1.807, 2.05) is 12.3 Å². The second kappa shape index (κ2) is 7.79. The van der Waals surface area contributed by atoms with Crippen LogP contribution < -0.4 is 10.1 Å². The number of aromatic nitrogens is 3. The summed E-state index contributed by atoms with van der Waals surface area (Å²) in [5.41, 5.74) is 1.98. The second-order valence-corrected chi connectivity index (χ2v) is 7.47. The molecule has 9 heteroatoms. The molecule has 0 bridgehead atoms. The zero-order valence-corrected chi connectivity index (χ0v) is 17.0. The van der Waals surface area contributed by atoms with E-state index < -0.39 is 0 Å². The molecule has 0 aliphatic rings. The first-order valence-electron chi connectivity index (χ1n) is 8.39. The van der Waals surface area contributed by atoms with E-state index in [0.717, 1.165) is 11.3 Å². The van der Waals surface area contributed by atoms with E-state index in [0.29, 0.717) is 32.9 Å². The first kappa shape index (κ1) is 18.7. The number of anilines is 1. The number of nitrogens with one attached hydrogen (secondary N) is 1. The second-order valence-electron chi connectivity index (χ2n) is 5.79. The number of amides is 1. The van der Waals surface area contributed by atoms with E-state index in [1.165, 1.54) is 11.3 Å². The lowest BCUT2D eigenvalue weighted by Gasteiger charge is -2.04. The van der Waals surface area contributed by atoms with Gasteiger partial charge in [0.05, 0.1) is 17.3 Å². The van der Waals surface area contributed by atoms with Crippen LogP contribution >= 0.6 is 34.5 Å². The minimum atomic E-state index is -0.302. The fourth-order valence-electron chi connectivity index (χ4n) is 2.66. The molecule has 142 valence electrons. The van der Waals surface area contributed by atoms with Gasteiger partial charge < -0.3 is 4.74 Å². The number of ether oxygens (including phenoxy) is 1. The van der Waals surface area contributed by atoms with Gasteiger partial charge in [-0.3, -0.25) is 10.1 Å². The fraction of sp³-hybridized carbons (Fsp3) is 0.105. The van der Waals surface area contributed by atoms with E-state index >= 15 is 0 Å². The molecule has 6 nitrogen and oxygen atoms in total. The van der Waals surface area contributed by atoms with Gasteiger partial charge in [-0.1, -0.05) is 23.2 Å². The molecule has 0 radical (unpaired) electrons. The minimum absolute atomic E-state index is 0.213. The van der Waals surface area contributed by atoms with Crippen LogP contribution in [0.5, 0.6) is 5.75 Å². The van der Waals surface area contributed by atoms with E-state index in [4.69, 9.17) is 27.9 Å². The molecule has 4 rings (SSSR count).